The summed E-state index contributed by atoms with van der Waals surface area (Å²) < 4.78 is 5.68. The molecule has 5 heteroatoms. The zero-order valence-electron chi connectivity index (χ0n) is 16.0. The molecule has 0 saturated carbocycles. The van der Waals surface area contributed by atoms with Gasteiger partial charge >= 0.3 is 0 Å². The molecule has 2 aromatic rings. The number of piperazine rings is 1. The Morgan fingerprint density at radius 2 is 1.70 bits per heavy atom. The highest BCUT2D eigenvalue weighted by molar-refractivity contribution is 5.94. The van der Waals surface area contributed by atoms with E-state index >= 15 is 0 Å². The molecule has 1 aliphatic rings. The number of hydrogen-bond acceptors (Lipinski definition) is 4. The highest BCUT2D eigenvalue weighted by Gasteiger charge is 2.21. The van der Waals surface area contributed by atoms with Crippen LogP contribution in [0.15, 0.2) is 48.5 Å². The largest absolute Gasteiger partial charge is 0.493 e. The predicted octanol–water partition coefficient (Wildman–Crippen LogP) is 3.32. The van der Waals surface area contributed by atoms with Gasteiger partial charge in [-0.05, 0) is 55.8 Å². The van der Waals surface area contributed by atoms with Gasteiger partial charge in [-0.2, -0.15) is 0 Å². The van der Waals surface area contributed by atoms with E-state index in [-0.39, 0.29) is 11.7 Å². The van der Waals surface area contributed by atoms with Crippen LogP contribution in [0.1, 0.15) is 29.3 Å². The van der Waals surface area contributed by atoms with E-state index in [4.69, 9.17) is 4.74 Å². The van der Waals surface area contributed by atoms with Crippen molar-refractivity contribution in [3.63, 3.8) is 0 Å². The molecule has 0 aromatic heterocycles. The Bertz CT molecular complexity index is 793. The summed E-state index contributed by atoms with van der Waals surface area (Å²) in [6.07, 6.45) is 0.390. The Labute approximate surface area is 160 Å². The molecule has 142 valence electrons. The van der Waals surface area contributed by atoms with Gasteiger partial charge in [-0.25, -0.2) is 0 Å². The van der Waals surface area contributed by atoms with E-state index in [1.807, 2.05) is 60.4 Å². The van der Waals surface area contributed by atoms with Crippen LogP contribution in [0.2, 0.25) is 0 Å². The second kappa shape index (κ2) is 8.71. The van der Waals surface area contributed by atoms with Crippen LogP contribution >= 0.6 is 0 Å². The lowest BCUT2D eigenvalue weighted by atomic mass is 10.1. The van der Waals surface area contributed by atoms with Crippen molar-refractivity contribution in [2.45, 2.75) is 20.3 Å². The van der Waals surface area contributed by atoms with E-state index < -0.39 is 0 Å². The highest BCUT2D eigenvalue weighted by atomic mass is 16.5. The molecule has 1 fully saturated rings. The van der Waals surface area contributed by atoms with Gasteiger partial charge in [0.2, 0.25) is 5.91 Å². The normalized spacial score (nSPS) is 14.1. The van der Waals surface area contributed by atoms with Crippen LogP contribution in [0.25, 0.3) is 0 Å². The molecule has 0 unspecified atom stereocenters. The number of amides is 1. The number of nitrogens with zero attached hydrogens (tertiary/aromatic N) is 2. The standard InChI is InChI=1S/C22H26N2O3/c1-17-4-3-5-21(16-17)27-15-10-22(26)24-13-11-23(12-14-24)20-8-6-19(7-9-20)18(2)25/h3-9,16H,10-15H2,1-2H3. The van der Waals surface area contributed by atoms with Gasteiger partial charge < -0.3 is 14.5 Å². The number of carbonyl (C=O) groups is 2. The van der Waals surface area contributed by atoms with Crippen molar-refractivity contribution in [2.75, 3.05) is 37.7 Å². The Hall–Kier alpha value is -2.82. The number of ether oxygens (including phenoxy) is 1. The number of Topliss-reactive ketones (excluding diaryl/α,β-unsaturated/α-hetero) is 1. The molecule has 3 rings (SSSR count). The van der Waals surface area contributed by atoms with Crippen molar-refractivity contribution in [3.8, 4) is 5.75 Å². The van der Waals surface area contributed by atoms with Gasteiger partial charge in [0.15, 0.2) is 5.78 Å². The number of aryl methyl sites for hydroxylation is 1. The molecule has 27 heavy (non-hydrogen) atoms. The smallest absolute Gasteiger partial charge is 0.226 e. The van der Waals surface area contributed by atoms with Crippen LogP contribution < -0.4 is 9.64 Å². The lowest BCUT2D eigenvalue weighted by Gasteiger charge is -2.36. The van der Waals surface area contributed by atoms with Crippen molar-refractivity contribution in [1.82, 2.24) is 4.90 Å². The number of ketones is 1. The Balaban J connectivity index is 1.44. The summed E-state index contributed by atoms with van der Waals surface area (Å²) in [4.78, 5) is 27.9. The highest BCUT2D eigenvalue weighted by Crippen LogP contribution is 2.18. The van der Waals surface area contributed by atoms with E-state index in [1.165, 1.54) is 0 Å². The van der Waals surface area contributed by atoms with Gasteiger partial charge in [-0.15, -0.1) is 0 Å². The molecular weight excluding hydrogens is 340 g/mol. The van der Waals surface area contributed by atoms with Crippen molar-refractivity contribution in [1.29, 1.82) is 0 Å². The number of rotatable bonds is 6. The van der Waals surface area contributed by atoms with E-state index in [1.54, 1.807) is 6.92 Å². The average Bonchev–Trinajstić information content (AvgIpc) is 2.68. The van der Waals surface area contributed by atoms with Crippen molar-refractivity contribution in [3.05, 3.63) is 59.7 Å². The molecule has 1 aliphatic heterocycles. The first-order valence-corrected chi connectivity index (χ1v) is 9.36. The van der Waals surface area contributed by atoms with Crippen LogP contribution in [0.4, 0.5) is 5.69 Å². The third-order valence-corrected chi connectivity index (χ3v) is 4.85. The van der Waals surface area contributed by atoms with Gasteiger partial charge in [0.1, 0.15) is 5.75 Å². The maximum Gasteiger partial charge on any atom is 0.226 e. The van der Waals surface area contributed by atoms with Crippen LogP contribution in [0.5, 0.6) is 5.75 Å². The zero-order chi connectivity index (χ0) is 19.2. The third kappa shape index (κ3) is 5.09. The summed E-state index contributed by atoms with van der Waals surface area (Å²) in [6, 6.07) is 15.5. The van der Waals surface area contributed by atoms with Gasteiger partial charge in [0, 0.05) is 37.4 Å². The molecule has 0 aliphatic carbocycles. The van der Waals surface area contributed by atoms with Crippen LogP contribution in [-0.2, 0) is 4.79 Å². The fourth-order valence-electron chi connectivity index (χ4n) is 3.24. The molecule has 2 aromatic carbocycles. The zero-order valence-corrected chi connectivity index (χ0v) is 16.0. The maximum absolute atomic E-state index is 12.4. The van der Waals surface area contributed by atoms with Crippen molar-refractivity contribution < 1.29 is 14.3 Å². The topological polar surface area (TPSA) is 49.9 Å². The SMILES string of the molecule is CC(=O)c1ccc(N2CCN(C(=O)CCOc3cccc(C)c3)CC2)cc1. The monoisotopic (exact) mass is 366 g/mol. The van der Waals surface area contributed by atoms with Crippen molar-refractivity contribution in [2.24, 2.45) is 0 Å². The van der Waals surface area contributed by atoms with Gasteiger partial charge in [0.05, 0.1) is 13.0 Å². The molecule has 5 nitrogen and oxygen atoms in total. The summed E-state index contributed by atoms with van der Waals surface area (Å²) >= 11 is 0. The fourth-order valence-corrected chi connectivity index (χ4v) is 3.24. The van der Waals surface area contributed by atoms with E-state index in [9.17, 15) is 9.59 Å². The molecule has 1 heterocycles. The first kappa shape index (κ1) is 19.0. The minimum atomic E-state index is 0.0739. The van der Waals surface area contributed by atoms with E-state index in [0.29, 0.717) is 26.1 Å². The van der Waals surface area contributed by atoms with Gasteiger partial charge in [0.25, 0.3) is 0 Å². The fraction of sp³-hybridized carbons (Fsp3) is 0.364. The number of benzene rings is 2. The molecule has 0 spiro atoms. The molecular formula is C22H26N2O3. The molecule has 0 atom stereocenters. The molecule has 1 amide bonds. The van der Waals surface area contributed by atoms with Crippen LogP contribution in [-0.4, -0.2) is 49.4 Å². The summed E-state index contributed by atoms with van der Waals surface area (Å²) in [6.45, 7) is 6.99. The van der Waals surface area contributed by atoms with Crippen LogP contribution in [0.3, 0.4) is 0 Å². The average molecular weight is 366 g/mol. The van der Waals surface area contributed by atoms with Gasteiger partial charge in [-0.3, -0.25) is 9.59 Å². The third-order valence-electron chi connectivity index (χ3n) is 4.85. The number of anilines is 1. The predicted molar refractivity (Wildman–Crippen MR) is 107 cm³/mol. The maximum atomic E-state index is 12.4. The lowest BCUT2D eigenvalue weighted by Crippen LogP contribution is -2.49. The van der Waals surface area contributed by atoms with Crippen LogP contribution in [0, 0.1) is 6.92 Å². The van der Waals surface area contributed by atoms with E-state index in [0.717, 1.165) is 35.7 Å². The second-order valence-corrected chi connectivity index (χ2v) is 6.89. The summed E-state index contributed by atoms with van der Waals surface area (Å²) in [5, 5.41) is 0. The summed E-state index contributed by atoms with van der Waals surface area (Å²) in [7, 11) is 0. The molecule has 0 N–H and O–H groups in total. The van der Waals surface area contributed by atoms with E-state index in [2.05, 4.69) is 4.90 Å². The molecule has 1 saturated heterocycles. The number of carbonyl (C=O) groups excluding carboxylic acids is 2. The lowest BCUT2D eigenvalue weighted by molar-refractivity contribution is -0.132. The summed E-state index contributed by atoms with van der Waals surface area (Å²) in [5.41, 5.74) is 2.96. The molecule has 0 bridgehead atoms. The molecule has 0 radical (unpaired) electrons. The Morgan fingerprint density at radius 1 is 1.00 bits per heavy atom. The van der Waals surface area contributed by atoms with Crippen molar-refractivity contribution >= 4 is 17.4 Å². The second-order valence-electron chi connectivity index (χ2n) is 6.89. The first-order valence-electron chi connectivity index (χ1n) is 9.36. The quantitative estimate of drug-likeness (QED) is 0.736. The Kier molecular flexibility index (Phi) is 6.12. The minimum absolute atomic E-state index is 0.0739. The minimum Gasteiger partial charge on any atom is -0.493 e. The summed E-state index contributed by atoms with van der Waals surface area (Å²) in [5.74, 6) is 1.01. The first-order chi connectivity index (χ1) is 13.0. The Morgan fingerprint density at radius 3 is 2.33 bits per heavy atom. The van der Waals surface area contributed by atoms with Gasteiger partial charge in [-0.1, -0.05) is 12.1 Å². The number of hydrogen-bond donors (Lipinski definition) is 0.